The molecule has 2 nitrogen and oxygen atoms in total. The Kier molecular flexibility index (Phi) is 4.01. The maximum atomic E-state index is 11.8. The predicted molar refractivity (Wildman–Crippen MR) is 63.0 cm³/mol. The van der Waals surface area contributed by atoms with Crippen molar-refractivity contribution in [2.24, 2.45) is 0 Å². The van der Waals surface area contributed by atoms with Crippen LogP contribution in [0.5, 0.6) is 5.75 Å². The van der Waals surface area contributed by atoms with Gasteiger partial charge in [-0.1, -0.05) is 22.0 Å². The van der Waals surface area contributed by atoms with Crippen molar-refractivity contribution in [3.05, 3.63) is 23.8 Å². The largest absolute Gasteiger partial charge is 0.496 e. The van der Waals surface area contributed by atoms with Gasteiger partial charge in [0, 0.05) is 4.90 Å². The summed E-state index contributed by atoms with van der Waals surface area (Å²) >= 11 is 7.47. The molecule has 76 valence electrons. The molecule has 0 radical (unpaired) electrons. The number of alkyl halides is 1. The Bertz CT molecular complexity index is 350. The minimum atomic E-state index is -0.232. The van der Waals surface area contributed by atoms with E-state index in [1.807, 2.05) is 0 Å². The van der Waals surface area contributed by atoms with Crippen molar-refractivity contribution in [2.75, 3.05) is 7.11 Å². The summed E-state index contributed by atoms with van der Waals surface area (Å²) in [5.74, 6) is 0.543. The third-order valence-corrected chi connectivity index (χ3v) is 2.62. The maximum absolute atomic E-state index is 11.8. The third-order valence-electron chi connectivity index (χ3n) is 1.83. The number of halogens is 1. The van der Waals surface area contributed by atoms with Gasteiger partial charge >= 0.3 is 0 Å². The van der Waals surface area contributed by atoms with E-state index in [-0.39, 0.29) is 10.6 Å². The van der Waals surface area contributed by atoms with Crippen LogP contribution >= 0.6 is 28.6 Å². The van der Waals surface area contributed by atoms with Crippen LogP contribution in [0.1, 0.15) is 17.3 Å². The Morgan fingerprint density at radius 2 is 2.21 bits per heavy atom. The van der Waals surface area contributed by atoms with Crippen molar-refractivity contribution in [1.29, 1.82) is 0 Å². The van der Waals surface area contributed by atoms with Crippen molar-refractivity contribution in [1.82, 2.24) is 0 Å². The molecule has 1 aromatic carbocycles. The van der Waals surface area contributed by atoms with E-state index in [1.54, 1.807) is 25.1 Å². The maximum Gasteiger partial charge on any atom is 0.181 e. The first-order chi connectivity index (χ1) is 6.57. The molecule has 0 saturated heterocycles. The Hall–Kier alpha value is -0.480. The van der Waals surface area contributed by atoms with Gasteiger partial charge in [0.2, 0.25) is 0 Å². The average molecular weight is 275 g/mol. The Balaban J connectivity index is 3.23. The number of ether oxygens (including phenoxy) is 1. The van der Waals surface area contributed by atoms with Gasteiger partial charge in [0.1, 0.15) is 5.75 Å². The van der Waals surface area contributed by atoms with Crippen LogP contribution in [0.4, 0.5) is 0 Å². The van der Waals surface area contributed by atoms with E-state index in [9.17, 15) is 4.79 Å². The van der Waals surface area contributed by atoms with Crippen molar-refractivity contribution >= 4 is 34.3 Å². The minimum Gasteiger partial charge on any atom is -0.496 e. The SMILES string of the molecule is COc1cccc(S)c1C(=O)C(C)Br. The summed E-state index contributed by atoms with van der Waals surface area (Å²) in [4.78, 5) is 12.2. The Morgan fingerprint density at radius 3 is 2.71 bits per heavy atom. The molecular formula is C10H11BrO2S. The van der Waals surface area contributed by atoms with Gasteiger partial charge in [-0.15, -0.1) is 12.6 Å². The average Bonchev–Trinajstić information content (AvgIpc) is 2.16. The molecule has 0 spiro atoms. The lowest BCUT2D eigenvalue weighted by Gasteiger charge is -2.10. The first-order valence-corrected chi connectivity index (χ1v) is 5.48. The Labute approximate surface area is 97.2 Å². The summed E-state index contributed by atoms with van der Waals surface area (Å²) in [7, 11) is 1.54. The van der Waals surface area contributed by atoms with Gasteiger partial charge < -0.3 is 4.74 Å². The van der Waals surface area contributed by atoms with Gasteiger partial charge in [0.05, 0.1) is 17.5 Å². The van der Waals surface area contributed by atoms with E-state index in [0.29, 0.717) is 16.2 Å². The van der Waals surface area contributed by atoms with Crippen LogP contribution in [0, 0.1) is 0 Å². The van der Waals surface area contributed by atoms with E-state index in [0.717, 1.165) is 0 Å². The summed E-state index contributed by atoms with van der Waals surface area (Å²) in [6, 6.07) is 5.33. The monoisotopic (exact) mass is 274 g/mol. The number of ketones is 1. The third kappa shape index (κ3) is 2.30. The molecule has 0 aliphatic rings. The predicted octanol–water partition coefficient (Wildman–Crippen LogP) is 2.95. The van der Waals surface area contributed by atoms with Gasteiger partial charge in [-0.25, -0.2) is 0 Å². The van der Waals surface area contributed by atoms with Crippen LogP contribution in [-0.4, -0.2) is 17.7 Å². The highest BCUT2D eigenvalue weighted by molar-refractivity contribution is 9.10. The quantitative estimate of drug-likeness (QED) is 0.521. The highest BCUT2D eigenvalue weighted by Crippen LogP contribution is 2.27. The molecule has 0 saturated carbocycles. The summed E-state index contributed by atoms with van der Waals surface area (Å²) in [6.45, 7) is 1.78. The van der Waals surface area contributed by atoms with E-state index >= 15 is 0 Å². The first-order valence-electron chi connectivity index (χ1n) is 4.12. The van der Waals surface area contributed by atoms with E-state index in [4.69, 9.17) is 4.74 Å². The fourth-order valence-electron chi connectivity index (χ4n) is 1.14. The molecule has 1 aromatic rings. The molecule has 4 heteroatoms. The van der Waals surface area contributed by atoms with E-state index in [2.05, 4.69) is 28.6 Å². The Morgan fingerprint density at radius 1 is 1.57 bits per heavy atom. The molecule has 0 fully saturated rings. The summed E-state index contributed by atoms with van der Waals surface area (Å²) in [5.41, 5.74) is 0.530. The number of benzene rings is 1. The molecule has 0 bridgehead atoms. The zero-order valence-electron chi connectivity index (χ0n) is 7.95. The highest BCUT2D eigenvalue weighted by Gasteiger charge is 2.19. The van der Waals surface area contributed by atoms with Crippen molar-refractivity contribution in [2.45, 2.75) is 16.6 Å². The number of carbonyl (C=O) groups is 1. The van der Waals surface area contributed by atoms with Crippen LogP contribution in [0.25, 0.3) is 0 Å². The number of rotatable bonds is 3. The molecule has 1 atom stereocenters. The number of thiol groups is 1. The lowest BCUT2D eigenvalue weighted by atomic mass is 10.1. The topological polar surface area (TPSA) is 26.3 Å². The zero-order valence-corrected chi connectivity index (χ0v) is 10.4. The van der Waals surface area contributed by atoms with Crippen molar-refractivity contribution < 1.29 is 9.53 Å². The standard InChI is InChI=1S/C10H11BrO2S/c1-6(11)10(12)9-7(13-2)4-3-5-8(9)14/h3-6,14H,1-2H3. The lowest BCUT2D eigenvalue weighted by Crippen LogP contribution is -2.12. The molecule has 0 N–H and O–H groups in total. The molecule has 0 aliphatic heterocycles. The van der Waals surface area contributed by atoms with Gasteiger partial charge in [0.25, 0.3) is 0 Å². The molecular weight excluding hydrogens is 264 g/mol. The molecule has 0 aliphatic carbocycles. The number of methoxy groups -OCH3 is 1. The lowest BCUT2D eigenvalue weighted by molar-refractivity contribution is 0.0990. The van der Waals surface area contributed by atoms with E-state index < -0.39 is 0 Å². The van der Waals surface area contributed by atoms with Gasteiger partial charge in [-0.3, -0.25) is 4.79 Å². The van der Waals surface area contributed by atoms with Crippen molar-refractivity contribution in [3.63, 3.8) is 0 Å². The molecule has 0 amide bonds. The van der Waals surface area contributed by atoms with Crippen LogP contribution < -0.4 is 4.74 Å². The van der Waals surface area contributed by atoms with Crippen LogP contribution in [0.2, 0.25) is 0 Å². The fraction of sp³-hybridized carbons (Fsp3) is 0.300. The molecule has 1 unspecified atom stereocenters. The zero-order chi connectivity index (χ0) is 10.7. The summed E-state index contributed by atoms with van der Waals surface area (Å²) < 4.78 is 5.11. The van der Waals surface area contributed by atoms with Crippen LogP contribution in [-0.2, 0) is 0 Å². The normalized spacial score (nSPS) is 12.3. The minimum absolute atomic E-state index is 0.0209. The highest BCUT2D eigenvalue weighted by atomic mass is 79.9. The van der Waals surface area contributed by atoms with Crippen LogP contribution in [0.3, 0.4) is 0 Å². The van der Waals surface area contributed by atoms with Gasteiger partial charge in [-0.2, -0.15) is 0 Å². The molecule has 14 heavy (non-hydrogen) atoms. The van der Waals surface area contributed by atoms with Crippen molar-refractivity contribution in [3.8, 4) is 5.75 Å². The van der Waals surface area contributed by atoms with Gasteiger partial charge in [0.15, 0.2) is 5.78 Å². The van der Waals surface area contributed by atoms with Gasteiger partial charge in [-0.05, 0) is 19.1 Å². The molecule has 0 heterocycles. The fourth-order valence-corrected chi connectivity index (χ4v) is 1.67. The number of carbonyl (C=O) groups excluding carboxylic acids is 1. The molecule has 1 rings (SSSR count). The summed E-state index contributed by atoms with van der Waals surface area (Å²) in [5, 5.41) is 0. The number of Topliss-reactive ketones (excluding diaryl/α,β-unsaturated/α-hetero) is 1. The molecule has 0 aromatic heterocycles. The number of hydrogen-bond donors (Lipinski definition) is 1. The first kappa shape index (κ1) is 11.6. The summed E-state index contributed by atoms with van der Waals surface area (Å²) in [6.07, 6.45) is 0. The number of hydrogen-bond acceptors (Lipinski definition) is 3. The second kappa shape index (κ2) is 4.84. The second-order valence-electron chi connectivity index (χ2n) is 2.83. The second-order valence-corrected chi connectivity index (χ2v) is 4.69. The smallest absolute Gasteiger partial charge is 0.181 e. The van der Waals surface area contributed by atoms with Crippen LogP contribution in [0.15, 0.2) is 23.1 Å². The van der Waals surface area contributed by atoms with E-state index in [1.165, 1.54) is 7.11 Å².